The summed E-state index contributed by atoms with van der Waals surface area (Å²) in [5, 5.41) is 14.0. The molecular formula is C5H8BN2O2. The van der Waals surface area contributed by atoms with E-state index in [1.807, 2.05) is 0 Å². The smallest absolute Gasteiger partial charge is 0.429 e. The van der Waals surface area contributed by atoms with Gasteiger partial charge in [-0.3, -0.25) is 4.98 Å². The van der Waals surface area contributed by atoms with E-state index in [4.69, 9.17) is 15.8 Å². The summed E-state index contributed by atoms with van der Waals surface area (Å²) in [6.45, 7) is 0. The van der Waals surface area contributed by atoms with Crippen molar-refractivity contribution in [3.8, 4) is 0 Å². The molecule has 10 heavy (non-hydrogen) atoms. The van der Waals surface area contributed by atoms with Crippen molar-refractivity contribution in [3.63, 3.8) is 0 Å². The summed E-state index contributed by atoms with van der Waals surface area (Å²) in [7, 11) is 0. The van der Waals surface area contributed by atoms with E-state index >= 15 is 0 Å². The van der Waals surface area contributed by atoms with Crippen molar-refractivity contribution >= 4 is 13.4 Å². The van der Waals surface area contributed by atoms with E-state index in [2.05, 4.69) is 4.98 Å². The molecule has 53 valence electrons. The molecule has 0 aromatic carbocycles. The number of anilines is 1. The number of nitrogen functional groups attached to an aromatic ring is 1. The monoisotopic (exact) mass is 139 g/mol. The van der Waals surface area contributed by atoms with Crippen LogP contribution >= 0.6 is 0 Å². The highest BCUT2D eigenvalue weighted by atomic mass is 16.4. The fourth-order valence-electron chi connectivity index (χ4n) is 0.363. The average Bonchev–Trinajstić information content (AvgIpc) is 1.91. The van der Waals surface area contributed by atoms with Crippen molar-refractivity contribution in [1.82, 2.24) is 4.98 Å². The molecule has 4 N–H and O–H groups in total. The van der Waals surface area contributed by atoms with E-state index in [9.17, 15) is 0 Å². The van der Waals surface area contributed by atoms with Gasteiger partial charge in [0.15, 0.2) is 0 Å². The Morgan fingerprint density at radius 3 is 1.90 bits per heavy atom. The molecule has 1 heterocycles. The molecule has 1 aromatic heterocycles. The third-order valence-corrected chi connectivity index (χ3v) is 0.706. The third-order valence-electron chi connectivity index (χ3n) is 0.706. The van der Waals surface area contributed by atoms with E-state index in [1.165, 1.54) is 0 Å². The Bertz CT molecular complexity index is 159. The number of rotatable bonds is 0. The lowest BCUT2D eigenvalue weighted by molar-refractivity contribution is 0.448. The highest BCUT2D eigenvalue weighted by molar-refractivity contribution is 6.13. The van der Waals surface area contributed by atoms with Gasteiger partial charge in [-0.1, -0.05) is 0 Å². The Morgan fingerprint density at radius 2 is 1.70 bits per heavy atom. The van der Waals surface area contributed by atoms with Gasteiger partial charge in [-0.2, -0.15) is 0 Å². The second kappa shape index (κ2) is 6.06. The Hall–Kier alpha value is -1.07. The molecule has 0 bridgehead atoms. The molecule has 1 rings (SSSR count). The maximum Gasteiger partial charge on any atom is 0.482 e. The molecule has 1 aromatic rings. The lowest BCUT2D eigenvalue weighted by Crippen LogP contribution is -1.81. The minimum absolute atomic E-state index is 0. The molecule has 1 radical (unpaired) electrons. The van der Waals surface area contributed by atoms with Gasteiger partial charge in [0.2, 0.25) is 0 Å². The molecule has 0 aliphatic rings. The first-order valence-corrected chi connectivity index (χ1v) is 2.57. The van der Waals surface area contributed by atoms with E-state index in [1.54, 1.807) is 24.5 Å². The summed E-state index contributed by atoms with van der Waals surface area (Å²) >= 11 is 0. The average molecular weight is 139 g/mol. The van der Waals surface area contributed by atoms with Crippen LogP contribution in [0, 0.1) is 0 Å². The van der Waals surface area contributed by atoms with Gasteiger partial charge in [-0.25, -0.2) is 0 Å². The predicted octanol–water partition coefficient (Wildman–Crippen LogP) is -0.831. The maximum atomic E-state index is 7.00. The lowest BCUT2D eigenvalue weighted by Gasteiger charge is -1.83. The second-order valence-corrected chi connectivity index (χ2v) is 1.40. The summed E-state index contributed by atoms with van der Waals surface area (Å²) in [5.41, 5.74) is 6.08. The molecule has 4 nitrogen and oxygen atoms in total. The summed E-state index contributed by atoms with van der Waals surface area (Å²) in [5.74, 6) is 0. The molecule has 0 fully saturated rings. The van der Waals surface area contributed by atoms with Crippen LogP contribution in [0.1, 0.15) is 0 Å². The normalized spacial score (nSPS) is 7.40. The number of aromatic nitrogens is 1. The number of nitrogens with two attached hydrogens (primary N) is 1. The van der Waals surface area contributed by atoms with Crippen LogP contribution in [0.15, 0.2) is 24.5 Å². The van der Waals surface area contributed by atoms with Gasteiger partial charge in [0.25, 0.3) is 0 Å². The van der Waals surface area contributed by atoms with E-state index in [-0.39, 0.29) is 7.69 Å². The number of hydrogen-bond acceptors (Lipinski definition) is 4. The number of hydrogen-bond donors (Lipinski definition) is 3. The van der Waals surface area contributed by atoms with E-state index < -0.39 is 0 Å². The first-order valence-electron chi connectivity index (χ1n) is 2.57. The number of nitrogens with zero attached hydrogens (tertiary/aromatic N) is 1. The van der Waals surface area contributed by atoms with Gasteiger partial charge in [0, 0.05) is 18.1 Å². The Labute approximate surface area is 59.6 Å². The van der Waals surface area contributed by atoms with Crippen LogP contribution in [0.3, 0.4) is 0 Å². The first-order chi connectivity index (χ1) is 4.81. The standard InChI is InChI=1S/C5H6N2.BH2O2/c6-5-1-3-7-4-2-5;2-1-3/h1-4H,(H2,6,7);2-3H. The van der Waals surface area contributed by atoms with Crippen LogP contribution in [0.2, 0.25) is 0 Å². The van der Waals surface area contributed by atoms with Crippen molar-refractivity contribution in [3.05, 3.63) is 24.5 Å². The van der Waals surface area contributed by atoms with Gasteiger partial charge < -0.3 is 15.8 Å². The molecule has 5 heteroatoms. The summed E-state index contributed by atoms with van der Waals surface area (Å²) in [6.07, 6.45) is 3.32. The van der Waals surface area contributed by atoms with Crippen LogP contribution < -0.4 is 5.73 Å². The third kappa shape index (κ3) is 5.08. The number of pyridine rings is 1. The zero-order valence-electron chi connectivity index (χ0n) is 5.31. The van der Waals surface area contributed by atoms with Gasteiger partial charge in [-0.05, 0) is 12.1 Å². The van der Waals surface area contributed by atoms with Crippen LogP contribution in [0.25, 0.3) is 0 Å². The fourth-order valence-corrected chi connectivity index (χ4v) is 0.363. The second-order valence-electron chi connectivity index (χ2n) is 1.40. The highest BCUT2D eigenvalue weighted by Gasteiger charge is 1.73. The van der Waals surface area contributed by atoms with Crippen molar-refractivity contribution in [2.45, 2.75) is 0 Å². The van der Waals surface area contributed by atoms with Crippen molar-refractivity contribution in [2.75, 3.05) is 5.73 Å². The molecule has 0 saturated carbocycles. The van der Waals surface area contributed by atoms with Gasteiger partial charge in [0.05, 0.1) is 0 Å². The SMILES string of the molecule is Nc1ccncc1.O[B]O. The summed E-state index contributed by atoms with van der Waals surface area (Å²) in [6, 6.07) is 3.50. The lowest BCUT2D eigenvalue weighted by atomic mass is 10.4. The molecule has 0 aliphatic heterocycles. The molecule has 0 spiro atoms. The van der Waals surface area contributed by atoms with Crippen molar-refractivity contribution < 1.29 is 10.0 Å². The Kier molecular flexibility index (Phi) is 5.42. The molecule has 0 amide bonds. The molecular weight excluding hydrogens is 131 g/mol. The zero-order chi connectivity index (χ0) is 7.82. The summed E-state index contributed by atoms with van der Waals surface area (Å²) in [4.78, 5) is 3.77. The van der Waals surface area contributed by atoms with E-state index in [0.717, 1.165) is 5.69 Å². The predicted molar refractivity (Wildman–Crippen MR) is 38.8 cm³/mol. The topological polar surface area (TPSA) is 79.4 Å². The van der Waals surface area contributed by atoms with Crippen LogP contribution in [0.5, 0.6) is 0 Å². The zero-order valence-corrected chi connectivity index (χ0v) is 5.31. The van der Waals surface area contributed by atoms with Gasteiger partial charge in [-0.15, -0.1) is 0 Å². The molecule has 0 aliphatic carbocycles. The quantitative estimate of drug-likeness (QED) is 0.409. The van der Waals surface area contributed by atoms with Crippen molar-refractivity contribution in [2.24, 2.45) is 0 Å². The van der Waals surface area contributed by atoms with Crippen LogP contribution in [0.4, 0.5) is 5.69 Å². The summed E-state index contributed by atoms with van der Waals surface area (Å²) < 4.78 is 0. The Morgan fingerprint density at radius 1 is 1.30 bits per heavy atom. The van der Waals surface area contributed by atoms with Gasteiger partial charge in [0.1, 0.15) is 0 Å². The molecule has 0 unspecified atom stereocenters. The minimum Gasteiger partial charge on any atom is -0.429 e. The van der Waals surface area contributed by atoms with Crippen LogP contribution in [-0.4, -0.2) is 22.7 Å². The molecule has 0 atom stereocenters. The maximum absolute atomic E-state index is 7.00. The van der Waals surface area contributed by atoms with Crippen LogP contribution in [-0.2, 0) is 0 Å². The largest absolute Gasteiger partial charge is 0.482 e. The minimum atomic E-state index is 0. The highest BCUT2D eigenvalue weighted by Crippen LogP contribution is 1.92. The fraction of sp³-hybridized carbons (Fsp3) is 0. The molecule has 0 saturated heterocycles. The Balaban J connectivity index is 0.000000236. The van der Waals surface area contributed by atoms with Crippen molar-refractivity contribution in [1.29, 1.82) is 0 Å². The van der Waals surface area contributed by atoms with E-state index in [0.29, 0.717) is 0 Å². The van der Waals surface area contributed by atoms with Gasteiger partial charge >= 0.3 is 7.69 Å². The first kappa shape index (κ1) is 8.93.